The molecule has 0 bridgehead atoms. The van der Waals surface area contributed by atoms with E-state index in [-0.39, 0.29) is 12.5 Å². The zero-order valence-electron chi connectivity index (χ0n) is 13.5. The van der Waals surface area contributed by atoms with Gasteiger partial charge in [0, 0.05) is 18.2 Å². The van der Waals surface area contributed by atoms with E-state index in [1.54, 1.807) is 37.4 Å². The van der Waals surface area contributed by atoms with Gasteiger partial charge in [0.25, 0.3) is 5.91 Å². The third-order valence-corrected chi connectivity index (χ3v) is 3.48. The first-order valence-corrected chi connectivity index (χ1v) is 7.73. The summed E-state index contributed by atoms with van der Waals surface area (Å²) in [6.07, 6.45) is 1.52. The van der Waals surface area contributed by atoms with Gasteiger partial charge in [-0.15, -0.1) is 0 Å². The van der Waals surface area contributed by atoms with Crippen LogP contribution in [0.25, 0.3) is 0 Å². The summed E-state index contributed by atoms with van der Waals surface area (Å²) >= 11 is 5.94. The zero-order valence-corrected chi connectivity index (χ0v) is 14.3. The molecule has 2 rings (SSSR count). The molecule has 0 atom stereocenters. The number of aromatic nitrogens is 1. The molecule has 0 aliphatic carbocycles. The van der Waals surface area contributed by atoms with Crippen molar-refractivity contribution in [3.8, 4) is 11.6 Å². The number of pyridine rings is 1. The lowest BCUT2D eigenvalue weighted by Crippen LogP contribution is -2.20. The van der Waals surface area contributed by atoms with E-state index >= 15 is 0 Å². The topological polar surface area (TPSA) is 69.7 Å². The van der Waals surface area contributed by atoms with Crippen molar-refractivity contribution in [2.45, 2.75) is 6.92 Å². The number of carbonyl (C=O) groups is 1. The summed E-state index contributed by atoms with van der Waals surface area (Å²) in [7, 11) is 1.60. The summed E-state index contributed by atoms with van der Waals surface area (Å²) in [5.41, 5.74) is 1.46. The Balaban J connectivity index is 1.80. The minimum atomic E-state index is -0.280. The first kappa shape index (κ1) is 18.0. The Morgan fingerprint density at radius 3 is 2.71 bits per heavy atom. The number of benzene rings is 1. The van der Waals surface area contributed by atoms with Crippen LogP contribution < -0.4 is 14.8 Å². The highest BCUT2D eigenvalue weighted by molar-refractivity contribution is 6.31. The molecule has 2 aromatic rings. The van der Waals surface area contributed by atoms with E-state index in [1.807, 2.05) is 6.92 Å². The lowest BCUT2D eigenvalue weighted by atomic mass is 10.2. The van der Waals surface area contributed by atoms with Crippen LogP contribution in [0.2, 0.25) is 5.02 Å². The van der Waals surface area contributed by atoms with Crippen LogP contribution in [0.5, 0.6) is 11.6 Å². The van der Waals surface area contributed by atoms with Crippen molar-refractivity contribution in [1.29, 1.82) is 0 Å². The second kappa shape index (κ2) is 9.10. The average Bonchev–Trinajstić information content (AvgIpc) is 2.58. The standard InChI is InChI=1S/C17H19ClN2O4/c1-12-9-14(4-5-15(12)18)24-11-16(21)20-13-3-6-17(19-10-13)23-8-7-22-2/h3-6,9-10H,7-8,11H2,1-2H3,(H,20,21). The van der Waals surface area contributed by atoms with Crippen LogP contribution >= 0.6 is 11.6 Å². The smallest absolute Gasteiger partial charge is 0.262 e. The fourth-order valence-corrected chi connectivity index (χ4v) is 1.94. The molecule has 1 aromatic heterocycles. The van der Waals surface area contributed by atoms with Crippen molar-refractivity contribution in [2.24, 2.45) is 0 Å². The van der Waals surface area contributed by atoms with Gasteiger partial charge < -0.3 is 19.5 Å². The maximum atomic E-state index is 11.9. The number of rotatable bonds is 8. The molecule has 0 aliphatic heterocycles. The van der Waals surface area contributed by atoms with Gasteiger partial charge in [-0.2, -0.15) is 0 Å². The summed E-state index contributed by atoms with van der Waals surface area (Å²) in [5.74, 6) is 0.780. The molecule has 1 aromatic carbocycles. The minimum Gasteiger partial charge on any atom is -0.484 e. The third-order valence-electron chi connectivity index (χ3n) is 3.06. The molecule has 0 saturated heterocycles. The van der Waals surface area contributed by atoms with Crippen molar-refractivity contribution in [1.82, 2.24) is 4.98 Å². The Hall–Kier alpha value is -2.31. The Morgan fingerprint density at radius 1 is 1.21 bits per heavy atom. The van der Waals surface area contributed by atoms with E-state index in [0.717, 1.165) is 5.56 Å². The van der Waals surface area contributed by atoms with Gasteiger partial charge >= 0.3 is 0 Å². The highest BCUT2D eigenvalue weighted by Crippen LogP contribution is 2.21. The monoisotopic (exact) mass is 350 g/mol. The highest BCUT2D eigenvalue weighted by Gasteiger charge is 2.06. The van der Waals surface area contributed by atoms with Gasteiger partial charge in [-0.25, -0.2) is 4.98 Å². The molecule has 128 valence electrons. The Morgan fingerprint density at radius 2 is 2.04 bits per heavy atom. The van der Waals surface area contributed by atoms with Gasteiger partial charge in [-0.1, -0.05) is 11.6 Å². The van der Waals surface area contributed by atoms with Gasteiger partial charge in [-0.05, 0) is 36.8 Å². The van der Waals surface area contributed by atoms with Crippen molar-refractivity contribution in [3.05, 3.63) is 47.1 Å². The van der Waals surface area contributed by atoms with E-state index in [4.69, 9.17) is 25.8 Å². The molecule has 1 amide bonds. The molecule has 0 aliphatic rings. The fourth-order valence-electron chi connectivity index (χ4n) is 1.82. The number of methoxy groups -OCH3 is 1. The number of hydrogen-bond acceptors (Lipinski definition) is 5. The highest BCUT2D eigenvalue weighted by atomic mass is 35.5. The van der Waals surface area contributed by atoms with Crippen LogP contribution in [0, 0.1) is 6.92 Å². The van der Waals surface area contributed by atoms with Gasteiger partial charge in [0.15, 0.2) is 6.61 Å². The number of aryl methyl sites for hydroxylation is 1. The van der Waals surface area contributed by atoms with E-state index in [9.17, 15) is 4.79 Å². The maximum absolute atomic E-state index is 11.9. The molecule has 1 N–H and O–H groups in total. The Bertz CT molecular complexity index is 677. The second-order valence-corrected chi connectivity index (χ2v) is 5.38. The summed E-state index contributed by atoms with van der Waals surface area (Å²) in [4.78, 5) is 16.0. The summed E-state index contributed by atoms with van der Waals surface area (Å²) < 4.78 is 15.7. The largest absolute Gasteiger partial charge is 0.484 e. The molecular formula is C17H19ClN2O4. The Kier molecular flexibility index (Phi) is 6.84. The van der Waals surface area contributed by atoms with Crippen LogP contribution in [0.15, 0.2) is 36.5 Å². The molecule has 6 nitrogen and oxygen atoms in total. The first-order chi connectivity index (χ1) is 11.6. The van der Waals surface area contributed by atoms with Gasteiger partial charge in [0.05, 0.1) is 18.5 Å². The molecule has 7 heteroatoms. The Labute approximate surface area is 145 Å². The number of carbonyl (C=O) groups excluding carboxylic acids is 1. The van der Waals surface area contributed by atoms with E-state index in [0.29, 0.717) is 35.6 Å². The molecule has 0 spiro atoms. The fraction of sp³-hybridized carbons (Fsp3) is 0.294. The van der Waals surface area contributed by atoms with Gasteiger partial charge in [0.2, 0.25) is 5.88 Å². The number of nitrogens with zero attached hydrogens (tertiary/aromatic N) is 1. The van der Waals surface area contributed by atoms with E-state index in [2.05, 4.69) is 10.3 Å². The number of amides is 1. The molecule has 24 heavy (non-hydrogen) atoms. The normalized spacial score (nSPS) is 10.3. The van der Waals surface area contributed by atoms with Gasteiger partial charge in [0.1, 0.15) is 12.4 Å². The summed E-state index contributed by atoms with van der Waals surface area (Å²) in [5, 5.41) is 3.36. The molecular weight excluding hydrogens is 332 g/mol. The molecule has 0 saturated carbocycles. The van der Waals surface area contributed by atoms with Crippen LogP contribution in [0.1, 0.15) is 5.56 Å². The van der Waals surface area contributed by atoms with Crippen LogP contribution in [-0.4, -0.2) is 37.8 Å². The SMILES string of the molecule is COCCOc1ccc(NC(=O)COc2ccc(Cl)c(C)c2)cn1. The molecule has 0 radical (unpaired) electrons. The number of anilines is 1. The lowest BCUT2D eigenvalue weighted by Gasteiger charge is -2.09. The van der Waals surface area contributed by atoms with Crippen molar-refractivity contribution in [3.63, 3.8) is 0 Å². The number of halogens is 1. The quantitative estimate of drug-likeness (QED) is 0.741. The maximum Gasteiger partial charge on any atom is 0.262 e. The van der Waals surface area contributed by atoms with Crippen molar-refractivity contribution >= 4 is 23.2 Å². The second-order valence-electron chi connectivity index (χ2n) is 4.97. The van der Waals surface area contributed by atoms with E-state index in [1.165, 1.54) is 6.20 Å². The van der Waals surface area contributed by atoms with Crippen molar-refractivity contribution in [2.75, 3.05) is 32.2 Å². The van der Waals surface area contributed by atoms with Crippen LogP contribution in [0.4, 0.5) is 5.69 Å². The molecule has 1 heterocycles. The lowest BCUT2D eigenvalue weighted by molar-refractivity contribution is -0.118. The molecule has 0 unspecified atom stereocenters. The average molecular weight is 351 g/mol. The predicted octanol–water partition coefficient (Wildman–Crippen LogP) is 3.09. The predicted molar refractivity (Wildman–Crippen MR) is 91.9 cm³/mol. The zero-order chi connectivity index (χ0) is 17.4. The van der Waals surface area contributed by atoms with Crippen LogP contribution in [0.3, 0.4) is 0 Å². The van der Waals surface area contributed by atoms with Gasteiger partial charge in [-0.3, -0.25) is 4.79 Å². The number of nitrogens with one attached hydrogen (secondary N) is 1. The minimum absolute atomic E-state index is 0.104. The van der Waals surface area contributed by atoms with Crippen molar-refractivity contribution < 1.29 is 19.0 Å². The summed E-state index contributed by atoms with van der Waals surface area (Å²) in [6.45, 7) is 2.68. The summed E-state index contributed by atoms with van der Waals surface area (Å²) in [6, 6.07) is 8.62. The number of ether oxygens (including phenoxy) is 3. The third kappa shape index (κ3) is 5.72. The first-order valence-electron chi connectivity index (χ1n) is 7.35. The van der Waals surface area contributed by atoms with Crippen LogP contribution in [-0.2, 0) is 9.53 Å². The molecule has 0 fully saturated rings. The number of hydrogen-bond donors (Lipinski definition) is 1. The van der Waals surface area contributed by atoms with E-state index < -0.39 is 0 Å².